The third kappa shape index (κ3) is 6.44. The summed E-state index contributed by atoms with van der Waals surface area (Å²) in [7, 11) is 2.22. The van der Waals surface area contributed by atoms with Gasteiger partial charge in [-0.3, -0.25) is 4.90 Å². The average Bonchev–Trinajstić information content (AvgIpc) is 2.85. The van der Waals surface area contributed by atoms with E-state index in [1.54, 1.807) is 0 Å². The Morgan fingerprint density at radius 2 is 1.76 bits per heavy atom. The van der Waals surface area contributed by atoms with E-state index in [1.165, 1.54) is 32.1 Å². The van der Waals surface area contributed by atoms with Crippen LogP contribution in [0.5, 0.6) is 0 Å². The molecule has 1 aliphatic rings. The molecule has 2 rings (SSSR count). The highest BCUT2D eigenvalue weighted by Crippen LogP contribution is 2.23. The lowest BCUT2D eigenvalue weighted by Crippen LogP contribution is -2.32. The van der Waals surface area contributed by atoms with Crippen LogP contribution in [0.2, 0.25) is 0 Å². The van der Waals surface area contributed by atoms with Crippen molar-refractivity contribution in [3.05, 3.63) is 23.7 Å². The minimum Gasteiger partial charge on any atom is -0.473 e. The van der Waals surface area contributed by atoms with Gasteiger partial charge in [-0.05, 0) is 38.9 Å². The van der Waals surface area contributed by atoms with E-state index in [-0.39, 0.29) is 0 Å². The second-order valence-electron chi connectivity index (χ2n) is 5.33. The van der Waals surface area contributed by atoms with Crippen molar-refractivity contribution in [3.63, 3.8) is 0 Å². The van der Waals surface area contributed by atoms with Gasteiger partial charge in [0.25, 0.3) is 0 Å². The number of rotatable bonds is 3. The maximum Gasteiger partial charge on any atom is 0.414 e. The van der Waals surface area contributed by atoms with Crippen molar-refractivity contribution >= 4 is 11.9 Å². The lowest BCUT2D eigenvalue weighted by Gasteiger charge is -2.30. The number of carbonyl (C=O) groups is 2. The second kappa shape index (κ2) is 8.46. The van der Waals surface area contributed by atoms with Crippen LogP contribution in [0.1, 0.15) is 43.6 Å². The van der Waals surface area contributed by atoms with E-state index >= 15 is 0 Å². The Hall–Kier alpha value is -1.82. The summed E-state index contributed by atoms with van der Waals surface area (Å²) in [5, 5.41) is 14.8. The molecule has 1 heterocycles. The number of carboxylic acid groups (broad SMARTS) is 2. The molecule has 6 nitrogen and oxygen atoms in total. The Bertz CT molecular complexity index is 450. The number of aliphatic carboxylic acids is 2. The SMILES string of the molecule is Cc1ccc(CN(C)C2CCCCC2)o1.O=C(O)C(=O)O. The maximum absolute atomic E-state index is 9.10. The first kappa shape index (κ1) is 17.2. The molecule has 0 spiro atoms. The smallest absolute Gasteiger partial charge is 0.414 e. The Balaban J connectivity index is 0.000000315. The first-order valence-corrected chi connectivity index (χ1v) is 7.12. The van der Waals surface area contributed by atoms with Crippen molar-refractivity contribution in [3.8, 4) is 0 Å². The second-order valence-corrected chi connectivity index (χ2v) is 5.33. The molecule has 0 atom stereocenters. The number of furan rings is 1. The van der Waals surface area contributed by atoms with E-state index in [1.807, 2.05) is 13.0 Å². The van der Waals surface area contributed by atoms with Crippen LogP contribution in [0.4, 0.5) is 0 Å². The summed E-state index contributed by atoms with van der Waals surface area (Å²) < 4.78 is 5.60. The highest BCUT2D eigenvalue weighted by atomic mass is 16.4. The molecule has 118 valence electrons. The third-order valence-electron chi connectivity index (χ3n) is 3.58. The molecule has 0 amide bonds. The summed E-state index contributed by atoms with van der Waals surface area (Å²) in [4.78, 5) is 20.6. The van der Waals surface area contributed by atoms with E-state index in [2.05, 4.69) is 18.0 Å². The van der Waals surface area contributed by atoms with E-state index < -0.39 is 11.9 Å². The Morgan fingerprint density at radius 1 is 1.19 bits per heavy atom. The maximum atomic E-state index is 9.10. The van der Waals surface area contributed by atoms with E-state index in [9.17, 15) is 0 Å². The fourth-order valence-electron chi connectivity index (χ4n) is 2.47. The van der Waals surface area contributed by atoms with Crippen LogP contribution in [-0.4, -0.2) is 40.1 Å². The molecule has 0 aliphatic heterocycles. The highest BCUT2D eigenvalue weighted by molar-refractivity contribution is 6.27. The van der Waals surface area contributed by atoms with Gasteiger partial charge in [-0.1, -0.05) is 19.3 Å². The summed E-state index contributed by atoms with van der Waals surface area (Å²) >= 11 is 0. The Labute approximate surface area is 124 Å². The number of nitrogens with zero attached hydrogens (tertiary/aromatic N) is 1. The minimum atomic E-state index is -1.82. The average molecular weight is 297 g/mol. The summed E-state index contributed by atoms with van der Waals surface area (Å²) in [5.41, 5.74) is 0. The van der Waals surface area contributed by atoms with Gasteiger partial charge in [0.15, 0.2) is 0 Å². The molecule has 0 aromatic carbocycles. The molecule has 1 aliphatic carbocycles. The topological polar surface area (TPSA) is 91.0 Å². The zero-order chi connectivity index (χ0) is 15.8. The number of hydrogen-bond acceptors (Lipinski definition) is 4. The van der Waals surface area contributed by atoms with Crippen LogP contribution in [0.25, 0.3) is 0 Å². The molecule has 0 bridgehead atoms. The quantitative estimate of drug-likeness (QED) is 0.833. The number of carboxylic acids is 2. The summed E-state index contributed by atoms with van der Waals surface area (Å²) in [6, 6.07) is 4.91. The van der Waals surface area contributed by atoms with Crippen molar-refractivity contribution in [2.45, 2.75) is 51.6 Å². The van der Waals surface area contributed by atoms with Gasteiger partial charge in [0.05, 0.1) is 6.54 Å². The largest absolute Gasteiger partial charge is 0.473 e. The molecule has 0 saturated heterocycles. The van der Waals surface area contributed by atoms with Gasteiger partial charge in [0.2, 0.25) is 0 Å². The normalized spacial score (nSPS) is 15.4. The fourth-order valence-corrected chi connectivity index (χ4v) is 2.47. The van der Waals surface area contributed by atoms with Gasteiger partial charge in [0.1, 0.15) is 11.5 Å². The van der Waals surface area contributed by atoms with Crippen molar-refractivity contribution in [1.29, 1.82) is 0 Å². The molecule has 21 heavy (non-hydrogen) atoms. The monoisotopic (exact) mass is 297 g/mol. The third-order valence-corrected chi connectivity index (χ3v) is 3.58. The lowest BCUT2D eigenvalue weighted by molar-refractivity contribution is -0.159. The van der Waals surface area contributed by atoms with Gasteiger partial charge in [-0.2, -0.15) is 0 Å². The summed E-state index contributed by atoms with van der Waals surface area (Å²) in [6.45, 7) is 2.96. The van der Waals surface area contributed by atoms with Crippen molar-refractivity contribution in [2.75, 3.05) is 7.05 Å². The molecule has 6 heteroatoms. The van der Waals surface area contributed by atoms with Crippen molar-refractivity contribution in [1.82, 2.24) is 4.90 Å². The van der Waals surface area contributed by atoms with Crippen LogP contribution in [0.15, 0.2) is 16.5 Å². The van der Waals surface area contributed by atoms with Crippen LogP contribution in [0.3, 0.4) is 0 Å². The van der Waals surface area contributed by atoms with Gasteiger partial charge >= 0.3 is 11.9 Å². The van der Waals surface area contributed by atoms with E-state index in [0.29, 0.717) is 0 Å². The van der Waals surface area contributed by atoms with Crippen LogP contribution >= 0.6 is 0 Å². The Kier molecular flexibility index (Phi) is 6.94. The fraction of sp³-hybridized carbons (Fsp3) is 0.600. The minimum absolute atomic E-state index is 0.768. The summed E-state index contributed by atoms with van der Waals surface area (Å²) in [6.07, 6.45) is 6.93. The molecular formula is C15H23NO5. The standard InChI is InChI=1S/C13H21NO.C2H2O4/c1-11-8-9-13(15-11)10-14(2)12-6-4-3-5-7-12;3-1(4)2(5)6/h8-9,12H,3-7,10H2,1-2H3;(H,3,4)(H,5,6). The van der Waals surface area contributed by atoms with E-state index in [0.717, 1.165) is 24.1 Å². The summed E-state index contributed by atoms with van der Waals surface area (Å²) in [5.74, 6) is -1.53. The zero-order valence-electron chi connectivity index (χ0n) is 12.5. The van der Waals surface area contributed by atoms with Crippen molar-refractivity contribution in [2.24, 2.45) is 0 Å². The molecule has 1 aromatic heterocycles. The van der Waals surface area contributed by atoms with Crippen LogP contribution < -0.4 is 0 Å². The molecule has 2 N–H and O–H groups in total. The molecule has 0 radical (unpaired) electrons. The molecular weight excluding hydrogens is 274 g/mol. The first-order valence-electron chi connectivity index (χ1n) is 7.12. The predicted molar refractivity (Wildman–Crippen MR) is 77.1 cm³/mol. The van der Waals surface area contributed by atoms with Gasteiger partial charge < -0.3 is 14.6 Å². The van der Waals surface area contributed by atoms with Crippen LogP contribution in [-0.2, 0) is 16.1 Å². The Morgan fingerprint density at radius 3 is 2.19 bits per heavy atom. The molecule has 0 unspecified atom stereocenters. The number of hydrogen-bond donors (Lipinski definition) is 2. The van der Waals surface area contributed by atoms with Gasteiger partial charge in [0, 0.05) is 6.04 Å². The van der Waals surface area contributed by atoms with Gasteiger partial charge in [-0.15, -0.1) is 0 Å². The highest BCUT2D eigenvalue weighted by Gasteiger charge is 2.18. The first-order chi connectivity index (χ1) is 9.90. The zero-order valence-corrected chi connectivity index (χ0v) is 12.5. The number of aryl methyl sites for hydroxylation is 1. The lowest BCUT2D eigenvalue weighted by atomic mass is 9.94. The molecule has 1 fully saturated rings. The van der Waals surface area contributed by atoms with E-state index in [4.69, 9.17) is 24.2 Å². The van der Waals surface area contributed by atoms with Crippen LogP contribution in [0, 0.1) is 6.92 Å². The molecule has 1 aromatic rings. The van der Waals surface area contributed by atoms with Crippen molar-refractivity contribution < 1.29 is 24.2 Å². The molecule has 1 saturated carbocycles. The predicted octanol–water partition coefficient (Wildman–Crippen LogP) is 2.51. The van der Waals surface area contributed by atoms with Gasteiger partial charge in [-0.25, -0.2) is 9.59 Å².